The molecule has 56 heavy (non-hydrogen) atoms. The molecule has 7 heteroatoms. The minimum atomic E-state index is -0.302. The summed E-state index contributed by atoms with van der Waals surface area (Å²) in [4.78, 5) is 11.8. The third-order valence-electron chi connectivity index (χ3n) is 11.1. The Balaban J connectivity index is 0.00000384. The molecule has 6 nitrogen and oxygen atoms in total. The zero-order valence-electron chi connectivity index (χ0n) is 30.5. The molecule has 0 aliphatic carbocycles. The van der Waals surface area contributed by atoms with E-state index in [9.17, 15) is 0 Å². The summed E-state index contributed by atoms with van der Waals surface area (Å²) in [6.45, 7) is 4.54. The summed E-state index contributed by atoms with van der Waals surface area (Å²) in [6, 6.07) is 60.3. The second-order valence-electron chi connectivity index (χ2n) is 14.5. The fourth-order valence-electron chi connectivity index (χ4n) is 8.49. The van der Waals surface area contributed by atoms with Gasteiger partial charge < -0.3 is 18.8 Å². The van der Waals surface area contributed by atoms with Crippen LogP contribution in [0.25, 0.3) is 55.2 Å². The summed E-state index contributed by atoms with van der Waals surface area (Å²) in [5, 5.41) is 4.48. The maximum Gasteiger partial charge on any atom is 2.00 e. The van der Waals surface area contributed by atoms with E-state index in [2.05, 4.69) is 149 Å². The third-order valence-corrected chi connectivity index (χ3v) is 11.1. The van der Waals surface area contributed by atoms with Crippen LogP contribution in [0.3, 0.4) is 0 Å². The summed E-state index contributed by atoms with van der Waals surface area (Å²) < 4.78 is 11.3. The molecule has 0 atom stereocenters. The first-order chi connectivity index (χ1) is 27.1. The number of anilines is 3. The Morgan fingerprint density at radius 2 is 1.04 bits per heavy atom. The van der Waals surface area contributed by atoms with Crippen molar-refractivity contribution in [1.29, 1.82) is 0 Å². The smallest absolute Gasteiger partial charge is 0.455 e. The maximum atomic E-state index is 6.93. The first kappa shape index (κ1) is 34.0. The summed E-state index contributed by atoms with van der Waals surface area (Å²) in [5.41, 5.74) is 8.56. The quantitative estimate of drug-likeness (QED) is 0.162. The van der Waals surface area contributed by atoms with E-state index in [0.29, 0.717) is 0 Å². The van der Waals surface area contributed by atoms with Gasteiger partial charge in [0.2, 0.25) is 0 Å². The van der Waals surface area contributed by atoms with Crippen LogP contribution in [0.2, 0.25) is 0 Å². The van der Waals surface area contributed by atoms with E-state index < -0.39 is 0 Å². The van der Waals surface area contributed by atoms with Crippen LogP contribution in [-0.4, -0.2) is 19.1 Å². The predicted molar refractivity (Wildman–Crippen MR) is 222 cm³/mol. The van der Waals surface area contributed by atoms with Crippen molar-refractivity contribution in [3.8, 4) is 23.1 Å². The second kappa shape index (κ2) is 13.1. The Kier molecular flexibility index (Phi) is 7.95. The van der Waals surface area contributed by atoms with E-state index in [-0.39, 0.29) is 26.5 Å². The molecule has 6 aromatic carbocycles. The van der Waals surface area contributed by atoms with Crippen molar-refractivity contribution in [3.05, 3.63) is 187 Å². The molecule has 1 aliphatic heterocycles. The molecule has 0 saturated carbocycles. The van der Waals surface area contributed by atoms with Crippen molar-refractivity contribution in [2.75, 3.05) is 4.90 Å². The van der Waals surface area contributed by atoms with Gasteiger partial charge in [-0.2, -0.15) is 12.1 Å². The fraction of sp³-hybridized carbons (Fsp3) is 0.0612. The fourth-order valence-corrected chi connectivity index (χ4v) is 8.49. The summed E-state index contributed by atoms with van der Waals surface area (Å²) >= 11 is 0. The number of hydrogen-bond donors (Lipinski definition) is 0. The van der Waals surface area contributed by atoms with E-state index in [1.807, 2.05) is 54.9 Å². The second-order valence-corrected chi connectivity index (χ2v) is 14.5. The molecule has 0 saturated heterocycles. The van der Waals surface area contributed by atoms with Crippen LogP contribution in [0.1, 0.15) is 25.0 Å². The van der Waals surface area contributed by atoms with Crippen LogP contribution in [-0.2, 0) is 26.5 Å². The molecule has 0 radical (unpaired) electrons. The van der Waals surface area contributed by atoms with Crippen molar-refractivity contribution in [2.45, 2.75) is 19.3 Å². The molecular weight excluding hydrogens is 870 g/mol. The number of benzene rings is 6. The van der Waals surface area contributed by atoms with Gasteiger partial charge in [-0.25, -0.2) is 9.97 Å². The van der Waals surface area contributed by atoms with Gasteiger partial charge in [0, 0.05) is 40.0 Å². The molecule has 5 heterocycles. The molecule has 0 N–H and O–H groups in total. The van der Waals surface area contributed by atoms with Crippen LogP contribution < -0.4 is 9.64 Å². The summed E-state index contributed by atoms with van der Waals surface area (Å²) in [5.74, 6) is 3.33. The van der Waals surface area contributed by atoms with Crippen molar-refractivity contribution in [1.82, 2.24) is 19.1 Å². The van der Waals surface area contributed by atoms with Gasteiger partial charge in [0.25, 0.3) is 0 Å². The largest absolute Gasteiger partial charge is 2.00 e. The maximum absolute atomic E-state index is 6.93. The van der Waals surface area contributed by atoms with Crippen LogP contribution in [0.15, 0.2) is 164 Å². The van der Waals surface area contributed by atoms with Crippen molar-refractivity contribution in [3.63, 3.8) is 0 Å². The normalized spacial score (nSPS) is 13.0. The Morgan fingerprint density at radius 1 is 0.518 bits per heavy atom. The van der Waals surface area contributed by atoms with Gasteiger partial charge in [0.05, 0.1) is 5.69 Å². The average molecular weight is 903 g/mol. The van der Waals surface area contributed by atoms with Gasteiger partial charge in [-0.05, 0) is 59.3 Å². The van der Waals surface area contributed by atoms with Gasteiger partial charge in [-0.1, -0.05) is 115 Å². The molecule has 0 amide bonds. The van der Waals surface area contributed by atoms with E-state index in [0.717, 1.165) is 94.9 Å². The van der Waals surface area contributed by atoms with E-state index in [1.54, 1.807) is 0 Å². The minimum absolute atomic E-state index is 0. The van der Waals surface area contributed by atoms with E-state index in [4.69, 9.17) is 14.7 Å². The van der Waals surface area contributed by atoms with Gasteiger partial charge >= 0.3 is 21.1 Å². The first-order valence-corrected chi connectivity index (χ1v) is 18.5. The monoisotopic (exact) mass is 902 g/mol. The number of nitrogens with zero attached hydrogens (tertiary/aromatic N) is 5. The SMILES string of the molecule is CC1(C)c2ccccc2Oc2c(N(c3[c-]c4c(cc3)c3ccccc3n4-c3ccccn3)c3[c-]c4c(cc3)c3ccccc3n4-c3ccccn3)cccc21.[Pt+2]. The van der Waals surface area contributed by atoms with Gasteiger partial charge in [0.15, 0.2) is 5.75 Å². The van der Waals surface area contributed by atoms with Crippen LogP contribution in [0.5, 0.6) is 11.5 Å². The molecule has 0 fully saturated rings. The molecule has 0 spiro atoms. The van der Waals surface area contributed by atoms with Gasteiger partial charge in [0.1, 0.15) is 17.4 Å². The molecular formula is C49H33N5OPt. The number of para-hydroxylation sites is 4. The Morgan fingerprint density at radius 3 is 1.61 bits per heavy atom. The van der Waals surface area contributed by atoms with Crippen LogP contribution in [0.4, 0.5) is 17.1 Å². The molecule has 1 aliphatic rings. The minimum Gasteiger partial charge on any atom is -0.455 e. The predicted octanol–water partition coefficient (Wildman–Crippen LogP) is 12.2. The summed E-state index contributed by atoms with van der Waals surface area (Å²) in [6.07, 6.45) is 3.67. The van der Waals surface area contributed by atoms with Crippen molar-refractivity contribution in [2.24, 2.45) is 0 Å². The average Bonchev–Trinajstić information content (AvgIpc) is 3.74. The molecule has 0 bridgehead atoms. The van der Waals surface area contributed by atoms with E-state index >= 15 is 0 Å². The number of pyridine rings is 2. The van der Waals surface area contributed by atoms with Crippen LogP contribution >= 0.6 is 0 Å². The molecule has 4 aromatic heterocycles. The topological polar surface area (TPSA) is 48.1 Å². The van der Waals surface area contributed by atoms with Gasteiger partial charge in [-0.15, -0.1) is 35.0 Å². The first-order valence-electron chi connectivity index (χ1n) is 18.5. The molecule has 11 rings (SSSR count). The number of fused-ring (bicyclic) bond motifs is 8. The number of hydrogen-bond acceptors (Lipinski definition) is 4. The Labute approximate surface area is 338 Å². The Bertz CT molecular complexity index is 2960. The number of aromatic nitrogens is 4. The standard InChI is InChI=1S/C49H33N5O.Pt/c1-49(2)38-16-5-8-21-45(38)55-48-39(49)17-13-20-42(48)52(32-24-26-36-34-14-3-6-18-40(34)53(43(36)30-32)46-22-9-11-28-50-46)33-25-27-37-35-15-4-7-19-41(35)54(44(37)31-33)47-23-10-12-29-51-47;/h3-29H,1-2H3;/q-2;+2. The summed E-state index contributed by atoms with van der Waals surface area (Å²) in [7, 11) is 0. The number of rotatable bonds is 5. The molecule has 10 aromatic rings. The van der Waals surface area contributed by atoms with Gasteiger partial charge in [-0.3, -0.25) is 0 Å². The zero-order chi connectivity index (χ0) is 36.7. The molecule has 0 unspecified atom stereocenters. The Hall–Kier alpha value is -6.49. The van der Waals surface area contributed by atoms with E-state index in [1.165, 1.54) is 0 Å². The third kappa shape index (κ3) is 5.06. The van der Waals surface area contributed by atoms with Crippen molar-refractivity contribution < 1.29 is 25.8 Å². The van der Waals surface area contributed by atoms with Crippen molar-refractivity contribution >= 4 is 60.7 Å². The van der Waals surface area contributed by atoms with Crippen LogP contribution in [0, 0.1) is 12.1 Å². The molecule has 270 valence electrons. The zero-order valence-corrected chi connectivity index (χ0v) is 32.8. The number of ether oxygens (including phenoxy) is 1.